The van der Waals surface area contributed by atoms with E-state index >= 15 is 0 Å². The first-order chi connectivity index (χ1) is 9.54. The third-order valence-corrected chi connectivity index (χ3v) is 3.72. The fourth-order valence-electron chi connectivity index (χ4n) is 2.35. The van der Waals surface area contributed by atoms with Crippen molar-refractivity contribution in [1.82, 2.24) is 5.32 Å². The number of nitrogens with one attached hydrogen (secondary N) is 1. The van der Waals surface area contributed by atoms with Gasteiger partial charge in [0.2, 0.25) is 0 Å². The summed E-state index contributed by atoms with van der Waals surface area (Å²) >= 11 is 0. The Hall–Kier alpha value is -1.55. The minimum absolute atomic E-state index is 0.0393. The van der Waals surface area contributed by atoms with Crippen molar-refractivity contribution in [2.24, 2.45) is 11.1 Å². The van der Waals surface area contributed by atoms with Gasteiger partial charge in [0.05, 0.1) is 6.10 Å². The second-order valence-electron chi connectivity index (χ2n) is 5.92. The standard InChI is InChI=1S/C16H24N2O2/c1-12(2)20-14-5-3-4-13(10-14)15(19)18-11-16(6-7-16)8-9-17/h3-5,10,12H,6-9,11,17H2,1-2H3,(H,18,19). The molecule has 0 aliphatic heterocycles. The highest BCUT2D eigenvalue weighted by molar-refractivity contribution is 5.94. The summed E-state index contributed by atoms with van der Waals surface area (Å²) in [5.74, 6) is 0.693. The molecule has 2 rings (SSSR count). The maximum absolute atomic E-state index is 12.2. The smallest absolute Gasteiger partial charge is 0.251 e. The Bertz CT molecular complexity index is 467. The van der Waals surface area contributed by atoms with E-state index in [-0.39, 0.29) is 17.4 Å². The summed E-state index contributed by atoms with van der Waals surface area (Å²) in [6.07, 6.45) is 3.43. The van der Waals surface area contributed by atoms with Gasteiger partial charge >= 0.3 is 0 Å². The number of nitrogens with two attached hydrogens (primary N) is 1. The summed E-state index contributed by atoms with van der Waals surface area (Å²) in [5, 5.41) is 3.02. The van der Waals surface area contributed by atoms with Crippen molar-refractivity contribution < 1.29 is 9.53 Å². The summed E-state index contributed by atoms with van der Waals surface area (Å²) in [6, 6.07) is 7.32. The molecule has 110 valence electrons. The Morgan fingerprint density at radius 1 is 1.45 bits per heavy atom. The van der Waals surface area contributed by atoms with Crippen LogP contribution < -0.4 is 15.8 Å². The van der Waals surface area contributed by atoms with Gasteiger partial charge in [0, 0.05) is 12.1 Å². The second-order valence-corrected chi connectivity index (χ2v) is 5.92. The van der Waals surface area contributed by atoms with Crippen LogP contribution in [0.15, 0.2) is 24.3 Å². The molecule has 0 radical (unpaired) electrons. The van der Waals surface area contributed by atoms with Crippen molar-refractivity contribution in [3.05, 3.63) is 29.8 Å². The molecular weight excluding hydrogens is 252 g/mol. The summed E-state index contributed by atoms with van der Waals surface area (Å²) in [6.45, 7) is 5.35. The molecule has 4 nitrogen and oxygen atoms in total. The van der Waals surface area contributed by atoms with Crippen LogP contribution in [0.1, 0.15) is 43.5 Å². The summed E-state index contributed by atoms with van der Waals surface area (Å²) in [5.41, 5.74) is 6.51. The van der Waals surface area contributed by atoms with E-state index in [0.717, 1.165) is 18.7 Å². The lowest BCUT2D eigenvalue weighted by Crippen LogP contribution is -2.31. The summed E-state index contributed by atoms with van der Waals surface area (Å²) < 4.78 is 5.60. The molecule has 1 aliphatic carbocycles. The first-order valence-corrected chi connectivity index (χ1v) is 7.30. The Labute approximate surface area is 120 Å². The van der Waals surface area contributed by atoms with Crippen molar-refractivity contribution in [3.63, 3.8) is 0 Å². The fraction of sp³-hybridized carbons (Fsp3) is 0.562. The molecule has 0 aromatic heterocycles. The van der Waals surface area contributed by atoms with E-state index < -0.39 is 0 Å². The molecule has 1 fully saturated rings. The van der Waals surface area contributed by atoms with Crippen molar-refractivity contribution in [2.45, 2.75) is 39.2 Å². The number of carbonyl (C=O) groups excluding carboxylic acids is 1. The van der Waals surface area contributed by atoms with Crippen LogP contribution in [0.4, 0.5) is 0 Å². The zero-order valence-electron chi connectivity index (χ0n) is 12.3. The van der Waals surface area contributed by atoms with Crippen LogP contribution in [0.3, 0.4) is 0 Å². The van der Waals surface area contributed by atoms with E-state index in [4.69, 9.17) is 10.5 Å². The molecule has 1 aromatic rings. The van der Waals surface area contributed by atoms with Gasteiger partial charge in [-0.15, -0.1) is 0 Å². The lowest BCUT2D eigenvalue weighted by Gasteiger charge is -2.15. The van der Waals surface area contributed by atoms with Crippen LogP contribution in [0.5, 0.6) is 5.75 Å². The van der Waals surface area contributed by atoms with Gasteiger partial charge in [-0.3, -0.25) is 4.79 Å². The van der Waals surface area contributed by atoms with E-state index in [2.05, 4.69) is 5.32 Å². The van der Waals surface area contributed by atoms with Gasteiger partial charge in [-0.2, -0.15) is 0 Å². The van der Waals surface area contributed by atoms with Crippen molar-refractivity contribution >= 4 is 5.91 Å². The SMILES string of the molecule is CC(C)Oc1cccc(C(=O)NCC2(CCN)CC2)c1. The number of amides is 1. The highest BCUT2D eigenvalue weighted by Gasteiger charge is 2.41. The largest absolute Gasteiger partial charge is 0.491 e. The van der Waals surface area contributed by atoms with Crippen molar-refractivity contribution in [3.8, 4) is 5.75 Å². The fourth-order valence-corrected chi connectivity index (χ4v) is 2.35. The van der Waals surface area contributed by atoms with Crippen LogP contribution in [-0.4, -0.2) is 25.1 Å². The number of rotatable bonds is 7. The third kappa shape index (κ3) is 3.97. The number of carbonyl (C=O) groups is 1. The molecule has 1 aromatic carbocycles. The Balaban J connectivity index is 1.92. The van der Waals surface area contributed by atoms with E-state index in [1.807, 2.05) is 32.0 Å². The zero-order chi connectivity index (χ0) is 14.6. The molecule has 0 saturated heterocycles. The van der Waals surface area contributed by atoms with E-state index in [0.29, 0.717) is 12.1 Å². The zero-order valence-corrected chi connectivity index (χ0v) is 12.3. The lowest BCUT2D eigenvalue weighted by atomic mass is 10.0. The maximum atomic E-state index is 12.2. The molecule has 0 spiro atoms. The third-order valence-electron chi connectivity index (χ3n) is 3.72. The normalized spacial score (nSPS) is 16.0. The number of benzene rings is 1. The average molecular weight is 276 g/mol. The predicted molar refractivity (Wildman–Crippen MR) is 79.9 cm³/mol. The van der Waals surface area contributed by atoms with Gasteiger partial charge in [0.15, 0.2) is 0 Å². The molecule has 1 aliphatic rings. The van der Waals surface area contributed by atoms with E-state index in [1.54, 1.807) is 6.07 Å². The minimum Gasteiger partial charge on any atom is -0.491 e. The minimum atomic E-state index is -0.0393. The number of hydrogen-bond acceptors (Lipinski definition) is 3. The van der Waals surface area contributed by atoms with Gasteiger partial charge in [-0.25, -0.2) is 0 Å². The Kier molecular flexibility index (Phi) is 4.65. The molecule has 3 N–H and O–H groups in total. The van der Waals surface area contributed by atoms with Crippen molar-refractivity contribution in [1.29, 1.82) is 0 Å². The number of hydrogen-bond donors (Lipinski definition) is 2. The highest BCUT2D eigenvalue weighted by Crippen LogP contribution is 2.47. The molecule has 0 atom stereocenters. The molecule has 0 unspecified atom stereocenters. The molecule has 20 heavy (non-hydrogen) atoms. The highest BCUT2D eigenvalue weighted by atomic mass is 16.5. The Morgan fingerprint density at radius 3 is 2.80 bits per heavy atom. The Morgan fingerprint density at radius 2 is 2.20 bits per heavy atom. The summed E-state index contributed by atoms with van der Waals surface area (Å²) in [7, 11) is 0. The van der Waals surface area contributed by atoms with Gasteiger partial charge in [0.25, 0.3) is 5.91 Å². The second kappa shape index (κ2) is 6.27. The average Bonchev–Trinajstić information content (AvgIpc) is 3.16. The van der Waals surface area contributed by atoms with Crippen LogP contribution in [-0.2, 0) is 0 Å². The van der Waals surface area contributed by atoms with Gasteiger partial charge < -0.3 is 15.8 Å². The van der Waals surface area contributed by atoms with Gasteiger partial charge in [-0.1, -0.05) is 6.07 Å². The van der Waals surface area contributed by atoms with Crippen molar-refractivity contribution in [2.75, 3.05) is 13.1 Å². The first-order valence-electron chi connectivity index (χ1n) is 7.30. The van der Waals surface area contributed by atoms with E-state index in [9.17, 15) is 4.79 Å². The molecule has 0 heterocycles. The topological polar surface area (TPSA) is 64.3 Å². The number of ether oxygens (including phenoxy) is 1. The molecule has 1 amide bonds. The van der Waals surface area contributed by atoms with E-state index in [1.165, 1.54) is 12.8 Å². The quantitative estimate of drug-likeness (QED) is 0.803. The van der Waals surface area contributed by atoms with Gasteiger partial charge in [-0.05, 0) is 63.3 Å². The lowest BCUT2D eigenvalue weighted by molar-refractivity contribution is 0.0943. The van der Waals surface area contributed by atoms with Crippen LogP contribution in [0, 0.1) is 5.41 Å². The molecular formula is C16H24N2O2. The predicted octanol–water partition coefficient (Wildman–Crippen LogP) is 2.33. The van der Waals surface area contributed by atoms with Crippen LogP contribution in [0.25, 0.3) is 0 Å². The van der Waals surface area contributed by atoms with Crippen LogP contribution >= 0.6 is 0 Å². The maximum Gasteiger partial charge on any atom is 0.251 e. The van der Waals surface area contributed by atoms with Crippen LogP contribution in [0.2, 0.25) is 0 Å². The first kappa shape index (κ1) is 14.9. The van der Waals surface area contributed by atoms with Gasteiger partial charge in [0.1, 0.15) is 5.75 Å². The molecule has 4 heteroatoms. The summed E-state index contributed by atoms with van der Waals surface area (Å²) in [4.78, 5) is 12.2. The monoisotopic (exact) mass is 276 g/mol. The molecule has 0 bridgehead atoms. The molecule has 1 saturated carbocycles.